The number of unbranched alkanes of at least 4 members (excludes halogenated alkanes) is 25. The van der Waals surface area contributed by atoms with E-state index in [0.717, 1.165) is 114 Å². The van der Waals surface area contributed by atoms with Crippen molar-refractivity contribution < 1.29 is 80.2 Å². The number of esters is 4. The fourth-order valence-electron chi connectivity index (χ4n) is 9.36. The quantitative estimate of drug-likeness (QED) is 0.0222. The van der Waals surface area contributed by atoms with Gasteiger partial charge in [-0.15, -0.1) is 0 Å². The summed E-state index contributed by atoms with van der Waals surface area (Å²) in [5.41, 5.74) is 0. The zero-order valence-electron chi connectivity index (χ0n) is 53.8. The number of carbonyl (C=O) groups is 4. The summed E-state index contributed by atoms with van der Waals surface area (Å²) in [6.07, 6.45) is 33.6. The predicted octanol–water partition coefficient (Wildman–Crippen LogP) is 17.4. The summed E-state index contributed by atoms with van der Waals surface area (Å²) in [5, 5.41) is 10.5. The van der Waals surface area contributed by atoms with E-state index in [4.69, 9.17) is 37.0 Å². The molecule has 0 aromatic carbocycles. The number of aliphatic hydroxyl groups is 1. The highest BCUT2D eigenvalue weighted by molar-refractivity contribution is 7.47. The van der Waals surface area contributed by atoms with Gasteiger partial charge in [0.2, 0.25) is 0 Å². The van der Waals surface area contributed by atoms with E-state index in [1.165, 1.54) is 103 Å². The van der Waals surface area contributed by atoms with Gasteiger partial charge in [0.05, 0.1) is 26.4 Å². The number of ether oxygens (including phenoxy) is 4. The molecule has 0 fully saturated rings. The second-order valence-electron chi connectivity index (χ2n) is 24.6. The Morgan fingerprint density at radius 1 is 0.337 bits per heavy atom. The van der Waals surface area contributed by atoms with Crippen LogP contribution in [0.2, 0.25) is 0 Å². The average Bonchev–Trinajstić information content (AvgIpc) is 3.45. The van der Waals surface area contributed by atoms with E-state index in [9.17, 15) is 43.2 Å². The van der Waals surface area contributed by atoms with Crippen molar-refractivity contribution in [2.24, 2.45) is 23.7 Å². The zero-order chi connectivity index (χ0) is 61.8. The van der Waals surface area contributed by atoms with Gasteiger partial charge in [0.1, 0.15) is 19.3 Å². The van der Waals surface area contributed by atoms with E-state index >= 15 is 0 Å². The molecule has 83 heavy (non-hydrogen) atoms. The summed E-state index contributed by atoms with van der Waals surface area (Å²) in [7, 11) is -9.89. The molecule has 19 heteroatoms. The lowest BCUT2D eigenvalue weighted by Crippen LogP contribution is -2.30. The largest absolute Gasteiger partial charge is 0.472 e. The highest BCUT2D eigenvalue weighted by atomic mass is 31.2. The van der Waals surface area contributed by atoms with Gasteiger partial charge in [-0.25, -0.2) is 9.13 Å². The Balaban J connectivity index is 5.26. The van der Waals surface area contributed by atoms with Gasteiger partial charge in [0.25, 0.3) is 0 Å². The third-order valence-corrected chi connectivity index (χ3v) is 17.2. The number of hydrogen-bond acceptors (Lipinski definition) is 15. The van der Waals surface area contributed by atoms with Crippen LogP contribution in [-0.2, 0) is 65.4 Å². The van der Waals surface area contributed by atoms with E-state index in [-0.39, 0.29) is 25.7 Å². The molecule has 0 amide bonds. The Morgan fingerprint density at radius 3 is 0.855 bits per heavy atom. The number of phosphoric ester groups is 2. The molecule has 17 nitrogen and oxygen atoms in total. The Kier molecular flexibility index (Phi) is 53.0. The minimum Gasteiger partial charge on any atom is -0.462 e. The molecule has 0 aromatic heterocycles. The molecule has 492 valence electrons. The standard InChI is InChI=1S/C64H124O17P2/c1-9-56(7)42-34-26-17-14-15-19-30-38-46-63(68)80-59(50-74-61(66)44-36-28-18-13-11-12-16-24-32-40-54(3)4)52-78-82(70,71)76-48-58(65)49-77-83(72,73)79-53-60(51-75-62(67)45-37-29-22-20-25-33-41-55(5)6)81-64(69)47-39-31-23-21-27-35-43-57(8)10-2/h54-60,65H,9-53H2,1-8H3,(H,70,71)(H,72,73)/t56?,57?,58-,59-,60-/m1/s1. The van der Waals surface area contributed by atoms with Crippen LogP contribution in [0.5, 0.6) is 0 Å². The zero-order valence-corrected chi connectivity index (χ0v) is 55.6. The maximum absolute atomic E-state index is 13.0. The van der Waals surface area contributed by atoms with E-state index in [1.54, 1.807) is 0 Å². The van der Waals surface area contributed by atoms with Gasteiger partial charge in [-0.2, -0.15) is 0 Å². The van der Waals surface area contributed by atoms with Crippen molar-refractivity contribution >= 4 is 39.5 Å². The molecule has 0 aromatic rings. The lowest BCUT2D eigenvalue weighted by atomic mass is 9.99. The fraction of sp³-hybridized carbons (Fsp3) is 0.938. The fourth-order valence-corrected chi connectivity index (χ4v) is 10.9. The molecule has 3 N–H and O–H groups in total. The maximum Gasteiger partial charge on any atom is 0.472 e. The summed E-state index contributed by atoms with van der Waals surface area (Å²) in [6, 6.07) is 0. The van der Waals surface area contributed by atoms with Crippen molar-refractivity contribution in [2.75, 3.05) is 39.6 Å². The molecular formula is C64H124O17P2. The van der Waals surface area contributed by atoms with Crippen LogP contribution in [0.4, 0.5) is 0 Å². The second-order valence-corrected chi connectivity index (χ2v) is 27.5. The van der Waals surface area contributed by atoms with Crippen LogP contribution in [0.3, 0.4) is 0 Å². The summed E-state index contributed by atoms with van der Waals surface area (Å²) >= 11 is 0. The first-order valence-electron chi connectivity index (χ1n) is 33.3. The molecule has 0 spiro atoms. The van der Waals surface area contributed by atoms with Gasteiger partial charge in [-0.3, -0.25) is 37.3 Å². The van der Waals surface area contributed by atoms with Gasteiger partial charge < -0.3 is 33.8 Å². The molecule has 0 saturated heterocycles. The van der Waals surface area contributed by atoms with Crippen LogP contribution in [0, 0.1) is 23.7 Å². The minimum absolute atomic E-state index is 0.101. The SMILES string of the molecule is CCC(C)CCCCCCCCCCC(=O)O[C@H](COC(=O)CCCCCCCCCCCC(C)C)COP(=O)(O)OC[C@@H](O)COP(=O)(O)OC[C@@H](COC(=O)CCCCCCCCC(C)C)OC(=O)CCCCCCCCC(C)CC. The van der Waals surface area contributed by atoms with E-state index in [0.29, 0.717) is 31.6 Å². The predicted molar refractivity (Wildman–Crippen MR) is 331 cm³/mol. The van der Waals surface area contributed by atoms with E-state index in [2.05, 4.69) is 55.4 Å². The molecule has 0 aliphatic heterocycles. The summed E-state index contributed by atoms with van der Waals surface area (Å²) in [6.45, 7) is 13.9. The van der Waals surface area contributed by atoms with Crippen LogP contribution in [0.1, 0.15) is 306 Å². The number of phosphoric acid groups is 2. The molecule has 0 saturated carbocycles. The van der Waals surface area contributed by atoms with Gasteiger partial charge in [-0.05, 0) is 49.4 Å². The van der Waals surface area contributed by atoms with Gasteiger partial charge in [0.15, 0.2) is 12.2 Å². The topological polar surface area (TPSA) is 237 Å². The minimum atomic E-state index is -4.95. The molecule has 7 atom stereocenters. The van der Waals surface area contributed by atoms with Crippen molar-refractivity contribution in [3.8, 4) is 0 Å². The third-order valence-electron chi connectivity index (χ3n) is 15.3. The molecule has 0 rings (SSSR count). The Morgan fingerprint density at radius 2 is 0.578 bits per heavy atom. The van der Waals surface area contributed by atoms with Crippen molar-refractivity contribution in [3.05, 3.63) is 0 Å². The first kappa shape index (κ1) is 81.1. The number of aliphatic hydroxyl groups excluding tert-OH is 1. The van der Waals surface area contributed by atoms with Crippen molar-refractivity contribution in [2.45, 2.75) is 324 Å². The highest BCUT2D eigenvalue weighted by Gasteiger charge is 2.30. The monoisotopic (exact) mass is 1230 g/mol. The van der Waals surface area contributed by atoms with Crippen LogP contribution in [0.15, 0.2) is 0 Å². The Hall–Kier alpha value is -1.94. The lowest BCUT2D eigenvalue weighted by Gasteiger charge is -2.21. The molecule has 0 aliphatic rings. The summed E-state index contributed by atoms with van der Waals surface area (Å²) < 4.78 is 68.0. The smallest absolute Gasteiger partial charge is 0.462 e. The number of rotatable bonds is 61. The molecule has 0 radical (unpaired) electrons. The first-order valence-corrected chi connectivity index (χ1v) is 36.3. The van der Waals surface area contributed by atoms with E-state index < -0.39 is 97.5 Å². The third kappa shape index (κ3) is 56.3. The summed E-state index contributed by atoms with van der Waals surface area (Å²) in [5.74, 6) is 0.769. The van der Waals surface area contributed by atoms with Crippen LogP contribution >= 0.6 is 15.6 Å². The van der Waals surface area contributed by atoms with Crippen LogP contribution < -0.4 is 0 Å². The highest BCUT2D eigenvalue weighted by Crippen LogP contribution is 2.45. The van der Waals surface area contributed by atoms with Gasteiger partial charge in [0, 0.05) is 25.7 Å². The van der Waals surface area contributed by atoms with Crippen molar-refractivity contribution in [1.29, 1.82) is 0 Å². The molecule has 0 aliphatic carbocycles. The van der Waals surface area contributed by atoms with Crippen LogP contribution in [0.25, 0.3) is 0 Å². The maximum atomic E-state index is 13.0. The van der Waals surface area contributed by atoms with Crippen LogP contribution in [-0.4, -0.2) is 96.7 Å². The Labute approximate surface area is 505 Å². The molecular weight excluding hydrogens is 1100 g/mol. The Bertz CT molecular complexity index is 1670. The molecule has 0 bridgehead atoms. The second kappa shape index (κ2) is 54.2. The summed E-state index contributed by atoms with van der Waals surface area (Å²) in [4.78, 5) is 72.2. The van der Waals surface area contributed by atoms with E-state index in [1.807, 2.05) is 0 Å². The lowest BCUT2D eigenvalue weighted by molar-refractivity contribution is -0.161. The normalized spacial score (nSPS) is 15.1. The van der Waals surface area contributed by atoms with Gasteiger partial charge in [-0.1, -0.05) is 254 Å². The van der Waals surface area contributed by atoms with Gasteiger partial charge >= 0.3 is 39.5 Å². The van der Waals surface area contributed by atoms with Crippen molar-refractivity contribution in [1.82, 2.24) is 0 Å². The van der Waals surface area contributed by atoms with Crippen molar-refractivity contribution in [3.63, 3.8) is 0 Å². The number of carbonyl (C=O) groups excluding carboxylic acids is 4. The number of hydrogen-bond donors (Lipinski definition) is 3. The average molecular weight is 1230 g/mol. The first-order chi connectivity index (χ1) is 39.7. The molecule has 4 unspecified atom stereocenters. The molecule has 0 heterocycles.